The van der Waals surface area contributed by atoms with Crippen LogP contribution in [-0.2, 0) is 16.0 Å². The van der Waals surface area contributed by atoms with Gasteiger partial charge >= 0.3 is 0 Å². The third-order valence-corrected chi connectivity index (χ3v) is 5.01. The van der Waals surface area contributed by atoms with Crippen molar-refractivity contribution in [2.24, 2.45) is 5.92 Å². The first-order valence-corrected chi connectivity index (χ1v) is 8.64. The van der Waals surface area contributed by atoms with E-state index in [0.29, 0.717) is 25.5 Å². The number of benzene rings is 1. The lowest BCUT2D eigenvalue weighted by atomic mass is 9.95. The summed E-state index contributed by atoms with van der Waals surface area (Å²) >= 11 is 1.61. The van der Waals surface area contributed by atoms with Crippen molar-refractivity contribution in [1.82, 2.24) is 15.1 Å². The van der Waals surface area contributed by atoms with Crippen LogP contribution in [0.5, 0.6) is 0 Å². The van der Waals surface area contributed by atoms with Gasteiger partial charge in [-0.25, -0.2) is 0 Å². The lowest BCUT2D eigenvalue weighted by Gasteiger charge is -2.16. The van der Waals surface area contributed by atoms with E-state index in [0.717, 1.165) is 28.5 Å². The number of carbonyl (C=O) groups is 1. The molecule has 1 fully saturated rings. The SMILES string of the molecule is COCCN1CC(Cc2ccccc2-c2nnc(C)s2)CC1=O. The Morgan fingerprint density at radius 1 is 1.35 bits per heavy atom. The molecule has 1 atom stereocenters. The fourth-order valence-electron chi connectivity index (χ4n) is 3.03. The highest BCUT2D eigenvalue weighted by Crippen LogP contribution is 2.30. The standard InChI is InChI=1S/C17H21N3O2S/c1-12-18-19-17(23-12)15-6-4-3-5-14(15)9-13-10-16(21)20(11-13)7-8-22-2/h3-6,13H,7-11H2,1-2H3. The zero-order chi connectivity index (χ0) is 16.2. The van der Waals surface area contributed by atoms with Gasteiger partial charge < -0.3 is 9.64 Å². The Balaban J connectivity index is 1.73. The smallest absolute Gasteiger partial charge is 0.223 e. The van der Waals surface area contributed by atoms with Crippen LogP contribution in [0.3, 0.4) is 0 Å². The summed E-state index contributed by atoms with van der Waals surface area (Å²) in [5, 5.41) is 10.3. The van der Waals surface area contributed by atoms with Crippen molar-refractivity contribution in [2.75, 3.05) is 26.8 Å². The number of carbonyl (C=O) groups excluding carboxylic acids is 1. The highest BCUT2D eigenvalue weighted by Gasteiger charge is 2.29. The van der Waals surface area contributed by atoms with E-state index >= 15 is 0 Å². The highest BCUT2D eigenvalue weighted by molar-refractivity contribution is 7.14. The number of hydrogen-bond acceptors (Lipinski definition) is 5. The molecule has 0 radical (unpaired) electrons. The molecule has 3 rings (SSSR count). The number of hydrogen-bond donors (Lipinski definition) is 0. The molecule has 0 spiro atoms. The minimum atomic E-state index is 0.233. The molecule has 23 heavy (non-hydrogen) atoms. The summed E-state index contributed by atoms with van der Waals surface area (Å²) in [5.74, 6) is 0.589. The van der Waals surface area contributed by atoms with E-state index in [1.807, 2.05) is 24.0 Å². The van der Waals surface area contributed by atoms with Gasteiger partial charge in [0.2, 0.25) is 5.91 Å². The Morgan fingerprint density at radius 3 is 2.91 bits per heavy atom. The molecule has 1 aromatic heterocycles. The van der Waals surface area contributed by atoms with Crippen molar-refractivity contribution in [2.45, 2.75) is 19.8 Å². The predicted octanol–water partition coefficient (Wildman–Crippen LogP) is 2.55. The van der Waals surface area contributed by atoms with E-state index in [1.165, 1.54) is 5.56 Å². The molecule has 6 heteroatoms. The maximum absolute atomic E-state index is 12.1. The van der Waals surface area contributed by atoms with E-state index in [9.17, 15) is 4.79 Å². The molecule has 1 aliphatic heterocycles. The molecular formula is C17H21N3O2S. The average Bonchev–Trinajstić information content (AvgIpc) is 3.12. The van der Waals surface area contributed by atoms with Crippen LogP contribution in [-0.4, -0.2) is 47.8 Å². The summed E-state index contributed by atoms with van der Waals surface area (Å²) in [4.78, 5) is 14.0. The first-order valence-electron chi connectivity index (χ1n) is 7.82. The Labute approximate surface area is 140 Å². The number of rotatable bonds is 6. The second-order valence-corrected chi connectivity index (χ2v) is 7.07. The van der Waals surface area contributed by atoms with Crippen molar-refractivity contribution >= 4 is 17.2 Å². The van der Waals surface area contributed by atoms with Gasteiger partial charge in [-0.05, 0) is 24.8 Å². The number of aryl methyl sites for hydroxylation is 1. The van der Waals surface area contributed by atoms with Gasteiger partial charge in [0, 0.05) is 32.2 Å². The van der Waals surface area contributed by atoms with Crippen LogP contribution < -0.4 is 0 Å². The maximum atomic E-state index is 12.1. The molecule has 1 unspecified atom stereocenters. The zero-order valence-corrected chi connectivity index (χ0v) is 14.3. The van der Waals surface area contributed by atoms with Gasteiger partial charge in [0.15, 0.2) is 0 Å². The average molecular weight is 331 g/mol. The Kier molecular flexibility index (Phi) is 5.03. The molecule has 0 bridgehead atoms. The summed E-state index contributed by atoms with van der Waals surface area (Å²) in [7, 11) is 1.67. The van der Waals surface area contributed by atoms with Crippen molar-refractivity contribution < 1.29 is 9.53 Å². The summed E-state index contributed by atoms with van der Waals surface area (Å²) in [6.07, 6.45) is 1.51. The molecule has 1 saturated heterocycles. The molecule has 0 saturated carbocycles. The van der Waals surface area contributed by atoms with Crippen LogP contribution in [0, 0.1) is 12.8 Å². The number of ether oxygens (including phenoxy) is 1. The molecular weight excluding hydrogens is 310 g/mol. The lowest BCUT2D eigenvalue weighted by molar-refractivity contribution is -0.128. The molecule has 0 N–H and O–H groups in total. The summed E-state index contributed by atoms with van der Waals surface area (Å²) in [5.41, 5.74) is 2.39. The van der Waals surface area contributed by atoms with Gasteiger partial charge in [-0.15, -0.1) is 10.2 Å². The number of amides is 1. The van der Waals surface area contributed by atoms with Crippen LogP contribution in [0.2, 0.25) is 0 Å². The second kappa shape index (κ2) is 7.19. The quantitative estimate of drug-likeness (QED) is 0.816. The van der Waals surface area contributed by atoms with Gasteiger partial charge in [-0.1, -0.05) is 35.6 Å². The number of nitrogens with zero attached hydrogens (tertiary/aromatic N) is 3. The van der Waals surface area contributed by atoms with E-state index in [-0.39, 0.29) is 5.91 Å². The van der Waals surface area contributed by atoms with Crippen LogP contribution in [0.15, 0.2) is 24.3 Å². The third kappa shape index (κ3) is 3.76. The van der Waals surface area contributed by atoms with E-state index < -0.39 is 0 Å². The zero-order valence-electron chi connectivity index (χ0n) is 13.5. The Bertz CT molecular complexity index is 686. The highest BCUT2D eigenvalue weighted by atomic mass is 32.1. The molecule has 1 aromatic carbocycles. The first-order chi connectivity index (χ1) is 11.2. The van der Waals surface area contributed by atoms with Crippen molar-refractivity contribution in [3.05, 3.63) is 34.8 Å². The van der Waals surface area contributed by atoms with Gasteiger partial charge in [0.25, 0.3) is 0 Å². The number of likely N-dealkylation sites (tertiary alicyclic amines) is 1. The lowest BCUT2D eigenvalue weighted by Crippen LogP contribution is -2.28. The molecule has 5 nitrogen and oxygen atoms in total. The van der Waals surface area contributed by atoms with Crippen molar-refractivity contribution in [1.29, 1.82) is 0 Å². The molecule has 2 aromatic rings. The van der Waals surface area contributed by atoms with E-state index in [1.54, 1.807) is 18.4 Å². The number of aromatic nitrogens is 2. The normalized spacial score (nSPS) is 17.9. The molecule has 0 aliphatic carbocycles. The van der Waals surface area contributed by atoms with Crippen LogP contribution in [0.4, 0.5) is 0 Å². The molecule has 2 heterocycles. The van der Waals surface area contributed by atoms with Crippen molar-refractivity contribution in [3.8, 4) is 10.6 Å². The summed E-state index contributed by atoms with van der Waals surface area (Å²) < 4.78 is 5.08. The predicted molar refractivity (Wildman–Crippen MR) is 90.3 cm³/mol. The van der Waals surface area contributed by atoms with Crippen LogP contribution in [0.25, 0.3) is 10.6 Å². The Morgan fingerprint density at radius 2 is 2.17 bits per heavy atom. The maximum Gasteiger partial charge on any atom is 0.223 e. The minimum absolute atomic E-state index is 0.233. The topological polar surface area (TPSA) is 55.3 Å². The van der Waals surface area contributed by atoms with E-state index in [2.05, 4.69) is 22.3 Å². The largest absolute Gasteiger partial charge is 0.383 e. The molecule has 1 amide bonds. The van der Waals surface area contributed by atoms with Crippen molar-refractivity contribution in [3.63, 3.8) is 0 Å². The third-order valence-electron chi connectivity index (χ3n) is 4.14. The monoisotopic (exact) mass is 331 g/mol. The van der Waals surface area contributed by atoms with Crippen LogP contribution in [0.1, 0.15) is 17.0 Å². The summed E-state index contributed by atoms with van der Waals surface area (Å²) in [6.45, 7) is 4.06. The molecule has 1 aliphatic rings. The van der Waals surface area contributed by atoms with Gasteiger partial charge in [0.05, 0.1) is 6.61 Å². The van der Waals surface area contributed by atoms with E-state index in [4.69, 9.17) is 4.74 Å². The van der Waals surface area contributed by atoms with Crippen LogP contribution >= 0.6 is 11.3 Å². The van der Waals surface area contributed by atoms with Gasteiger partial charge in [-0.2, -0.15) is 0 Å². The van der Waals surface area contributed by atoms with Gasteiger partial charge in [0.1, 0.15) is 10.0 Å². The fourth-order valence-corrected chi connectivity index (χ4v) is 3.78. The molecule has 122 valence electrons. The first kappa shape index (κ1) is 16.1. The summed E-state index contributed by atoms with van der Waals surface area (Å²) in [6, 6.07) is 8.30. The fraction of sp³-hybridized carbons (Fsp3) is 0.471. The minimum Gasteiger partial charge on any atom is -0.383 e. The second-order valence-electron chi connectivity index (χ2n) is 5.89. The number of methoxy groups -OCH3 is 1. The van der Waals surface area contributed by atoms with Gasteiger partial charge in [-0.3, -0.25) is 4.79 Å². The Hall–Kier alpha value is -1.79.